The van der Waals surface area contributed by atoms with Crippen LogP contribution in [0.25, 0.3) is 0 Å². The van der Waals surface area contributed by atoms with E-state index in [-0.39, 0.29) is 10.7 Å². The van der Waals surface area contributed by atoms with E-state index >= 15 is 0 Å². The number of aromatic carboxylic acids is 1. The number of halogens is 3. The molecule has 0 amide bonds. The molecule has 2 N–H and O–H groups in total. The van der Waals surface area contributed by atoms with Crippen molar-refractivity contribution in [1.82, 2.24) is 0 Å². The van der Waals surface area contributed by atoms with Crippen LogP contribution >= 0.6 is 11.6 Å². The highest BCUT2D eigenvalue weighted by molar-refractivity contribution is 7.81. The minimum atomic E-state index is -2.73. The summed E-state index contributed by atoms with van der Waals surface area (Å²) in [5.41, 5.74) is -1.74. The SMILES string of the molecule is O=C(O)c1c(F)ccc(N(c2cccc(Cl)c2)S(=O)O)c1F. The number of carboxylic acid groups (broad SMARTS) is 1. The molecule has 0 aliphatic heterocycles. The van der Waals surface area contributed by atoms with Crippen LogP contribution in [-0.4, -0.2) is 19.8 Å². The van der Waals surface area contributed by atoms with Crippen molar-refractivity contribution in [2.24, 2.45) is 0 Å². The van der Waals surface area contributed by atoms with E-state index in [2.05, 4.69) is 0 Å². The molecular weight excluding hydrogens is 340 g/mol. The highest BCUT2D eigenvalue weighted by Gasteiger charge is 2.26. The fourth-order valence-electron chi connectivity index (χ4n) is 1.81. The molecule has 0 aliphatic rings. The van der Waals surface area contributed by atoms with Gasteiger partial charge in [-0.05, 0) is 30.3 Å². The van der Waals surface area contributed by atoms with Gasteiger partial charge in [-0.3, -0.25) is 4.55 Å². The lowest BCUT2D eigenvalue weighted by atomic mass is 10.1. The van der Waals surface area contributed by atoms with E-state index in [9.17, 15) is 22.3 Å². The van der Waals surface area contributed by atoms with Crippen molar-refractivity contribution in [2.75, 3.05) is 4.31 Å². The number of rotatable bonds is 4. The standard InChI is InChI=1S/C13H8ClF2NO4S/c14-7-2-1-3-8(6-7)17(22(20)21)10-5-4-9(15)11(12(10)16)13(18)19/h1-6H,(H,18,19)(H,20,21). The molecule has 1 atom stereocenters. The van der Waals surface area contributed by atoms with Crippen molar-refractivity contribution in [3.05, 3.63) is 58.6 Å². The molecule has 0 spiro atoms. The minimum absolute atomic E-state index is 0.0372. The molecule has 1 unspecified atom stereocenters. The summed E-state index contributed by atoms with van der Waals surface area (Å²) in [6.07, 6.45) is 0. The number of benzene rings is 2. The maximum absolute atomic E-state index is 14.2. The molecule has 116 valence electrons. The minimum Gasteiger partial charge on any atom is -0.477 e. The summed E-state index contributed by atoms with van der Waals surface area (Å²) >= 11 is 3.04. The van der Waals surface area contributed by atoms with E-state index in [4.69, 9.17) is 16.7 Å². The monoisotopic (exact) mass is 347 g/mol. The summed E-state index contributed by atoms with van der Waals surface area (Å²) in [5.74, 6) is -4.58. The predicted octanol–water partition coefficient (Wildman–Crippen LogP) is 3.59. The average molecular weight is 348 g/mol. The molecular formula is C13H8ClF2NO4S. The Morgan fingerprint density at radius 2 is 1.91 bits per heavy atom. The van der Waals surface area contributed by atoms with Crippen molar-refractivity contribution in [1.29, 1.82) is 0 Å². The van der Waals surface area contributed by atoms with Gasteiger partial charge < -0.3 is 5.11 Å². The topological polar surface area (TPSA) is 77.8 Å². The van der Waals surface area contributed by atoms with Gasteiger partial charge in [0.05, 0.1) is 11.4 Å². The van der Waals surface area contributed by atoms with Gasteiger partial charge in [0.1, 0.15) is 11.4 Å². The highest BCUT2D eigenvalue weighted by atomic mass is 35.5. The maximum Gasteiger partial charge on any atom is 0.341 e. The van der Waals surface area contributed by atoms with Crippen molar-refractivity contribution in [3.63, 3.8) is 0 Å². The lowest BCUT2D eigenvalue weighted by Crippen LogP contribution is -2.22. The third-order valence-electron chi connectivity index (χ3n) is 2.70. The number of hydrogen-bond acceptors (Lipinski definition) is 2. The molecule has 2 aromatic carbocycles. The molecule has 2 aromatic rings. The second kappa shape index (κ2) is 6.39. The molecule has 2 rings (SSSR count). The Kier molecular flexibility index (Phi) is 4.74. The third-order valence-corrected chi connectivity index (χ3v) is 3.66. The van der Waals surface area contributed by atoms with E-state index in [1.165, 1.54) is 24.3 Å². The van der Waals surface area contributed by atoms with Gasteiger partial charge in [0.15, 0.2) is 5.82 Å². The van der Waals surface area contributed by atoms with Crippen LogP contribution in [0.15, 0.2) is 36.4 Å². The third kappa shape index (κ3) is 3.08. The summed E-state index contributed by atoms with van der Waals surface area (Å²) in [6.45, 7) is 0. The molecule has 0 heterocycles. The molecule has 0 bridgehead atoms. The highest BCUT2D eigenvalue weighted by Crippen LogP contribution is 2.32. The lowest BCUT2D eigenvalue weighted by molar-refractivity contribution is 0.0686. The Balaban J connectivity index is 2.67. The first-order chi connectivity index (χ1) is 10.3. The molecule has 0 radical (unpaired) electrons. The van der Waals surface area contributed by atoms with Gasteiger partial charge in [-0.15, -0.1) is 0 Å². The van der Waals surface area contributed by atoms with Crippen LogP contribution in [0.3, 0.4) is 0 Å². The summed E-state index contributed by atoms with van der Waals surface area (Å²) in [7, 11) is 0. The van der Waals surface area contributed by atoms with Gasteiger partial charge in [0.25, 0.3) is 11.3 Å². The Morgan fingerprint density at radius 1 is 1.23 bits per heavy atom. The van der Waals surface area contributed by atoms with Crippen LogP contribution in [-0.2, 0) is 11.3 Å². The fourth-order valence-corrected chi connectivity index (χ4v) is 2.60. The summed E-state index contributed by atoms with van der Waals surface area (Å²) in [4.78, 5) is 10.9. The van der Waals surface area contributed by atoms with E-state index in [1.807, 2.05) is 0 Å². The normalized spacial score (nSPS) is 12.0. The smallest absolute Gasteiger partial charge is 0.341 e. The van der Waals surface area contributed by atoms with Crippen LogP contribution < -0.4 is 4.31 Å². The summed E-state index contributed by atoms with van der Waals surface area (Å²) < 4.78 is 49.1. The maximum atomic E-state index is 14.2. The van der Waals surface area contributed by atoms with Gasteiger partial charge in [-0.2, -0.15) is 0 Å². The molecule has 0 aromatic heterocycles. The van der Waals surface area contributed by atoms with Crippen LogP contribution in [0.4, 0.5) is 20.2 Å². The largest absolute Gasteiger partial charge is 0.477 e. The Morgan fingerprint density at radius 3 is 2.45 bits per heavy atom. The summed E-state index contributed by atoms with van der Waals surface area (Å²) in [6, 6.07) is 7.16. The molecule has 0 saturated carbocycles. The van der Waals surface area contributed by atoms with Crippen LogP contribution in [0.2, 0.25) is 5.02 Å². The second-order valence-corrected chi connectivity index (χ2v) is 5.33. The number of hydrogen-bond donors (Lipinski definition) is 2. The van der Waals surface area contributed by atoms with Gasteiger partial charge >= 0.3 is 5.97 Å². The zero-order chi connectivity index (χ0) is 16.4. The molecule has 9 heteroatoms. The second-order valence-electron chi connectivity index (χ2n) is 4.07. The van der Waals surface area contributed by atoms with Gasteiger partial charge in [0.2, 0.25) is 0 Å². The van der Waals surface area contributed by atoms with Gasteiger partial charge in [-0.25, -0.2) is 22.1 Å². The molecule has 0 saturated heterocycles. The van der Waals surface area contributed by atoms with Gasteiger partial charge in [0, 0.05) is 5.02 Å². The lowest BCUT2D eigenvalue weighted by Gasteiger charge is -2.21. The number of nitrogens with zero attached hydrogens (tertiary/aromatic N) is 1. The number of carbonyl (C=O) groups is 1. The van der Waals surface area contributed by atoms with E-state index in [0.717, 1.165) is 6.07 Å². The zero-order valence-corrected chi connectivity index (χ0v) is 12.2. The first kappa shape index (κ1) is 16.3. The van der Waals surface area contributed by atoms with Crippen molar-refractivity contribution < 1.29 is 27.4 Å². The van der Waals surface area contributed by atoms with Crippen molar-refractivity contribution in [3.8, 4) is 0 Å². The molecule has 0 aliphatic carbocycles. The Hall–Kier alpha value is -2.03. The molecule has 0 fully saturated rings. The average Bonchev–Trinajstić information content (AvgIpc) is 2.41. The zero-order valence-electron chi connectivity index (χ0n) is 10.7. The predicted molar refractivity (Wildman–Crippen MR) is 77.7 cm³/mol. The van der Waals surface area contributed by atoms with Crippen LogP contribution in [0.5, 0.6) is 0 Å². The van der Waals surface area contributed by atoms with Crippen molar-refractivity contribution >= 4 is 40.2 Å². The first-order valence-electron chi connectivity index (χ1n) is 5.71. The van der Waals surface area contributed by atoms with Crippen LogP contribution in [0.1, 0.15) is 10.4 Å². The van der Waals surface area contributed by atoms with Crippen LogP contribution in [0, 0.1) is 11.6 Å². The Bertz CT molecular complexity index is 772. The number of carboxylic acids is 1. The molecule has 5 nitrogen and oxygen atoms in total. The Labute approximate surface area is 131 Å². The van der Waals surface area contributed by atoms with E-state index in [1.54, 1.807) is 0 Å². The van der Waals surface area contributed by atoms with E-state index < -0.39 is 40.1 Å². The first-order valence-corrected chi connectivity index (χ1v) is 7.15. The van der Waals surface area contributed by atoms with Crippen molar-refractivity contribution in [2.45, 2.75) is 0 Å². The van der Waals surface area contributed by atoms with E-state index in [0.29, 0.717) is 10.4 Å². The molecule has 22 heavy (non-hydrogen) atoms. The van der Waals surface area contributed by atoms with Gasteiger partial charge in [-0.1, -0.05) is 17.7 Å². The number of anilines is 2. The fraction of sp³-hybridized carbons (Fsp3) is 0. The quantitative estimate of drug-likeness (QED) is 0.828. The summed E-state index contributed by atoms with van der Waals surface area (Å²) in [5, 5.41) is 9.06.